The summed E-state index contributed by atoms with van der Waals surface area (Å²) in [5, 5.41) is 0. The Hall–Kier alpha value is -1.02. The van der Waals surface area contributed by atoms with Crippen LogP contribution in [0.15, 0.2) is 24.3 Å². The number of hydrogen-bond acceptors (Lipinski definition) is 2. The minimum atomic E-state index is 0.317. The van der Waals surface area contributed by atoms with Crippen LogP contribution in [-0.2, 0) is 11.2 Å². The Morgan fingerprint density at radius 1 is 1.46 bits per heavy atom. The fourth-order valence-corrected chi connectivity index (χ4v) is 1.20. The molecule has 1 heterocycles. The Bertz CT molecular complexity index is 279. The molecule has 1 radical (unpaired) electrons. The van der Waals surface area contributed by atoms with Crippen LogP contribution in [0.4, 0.5) is 0 Å². The van der Waals surface area contributed by atoms with Gasteiger partial charge in [-0.25, -0.2) is 0 Å². The molecule has 0 amide bonds. The van der Waals surface area contributed by atoms with E-state index in [4.69, 9.17) is 9.47 Å². The monoisotopic (exact) mass is 177 g/mol. The maximum absolute atomic E-state index is 5.59. The molecule has 0 spiro atoms. The molecule has 69 valence electrons. The molecule has 1 aromatic rings. The highest BCUT2D eigenvalue weighted by Crippen LogP contribution is 2.20. The first-order chi connectivity index (χ1) is 6.40. The van der Waals surface area contributed by atoms with Gasteiger partial charge in [0.25, 0.3) is 0 Å². The van der Waals surface area contributed by atoms with Crippen LogP contribution in [0.1, 0.15) is 5.56 Å². The molecular weight excluding hydrogens is 164 g/mol. The van der Waals surface area contributed by atoms with Crippen molar-refractivity contribution in [2.45, 2.75) is 12.5 Å². The number of hydrogen-bond donors (Lipinski definition) is 0. The molecule has 0 bridgehead atoms. The van der Waals surface area contributed by atoms with Crippen molar-refractivity contribution < 1.29 is 9.47 Å². The summed E-state index contributed by atoms with van der Waals surface area (Å²) in [6.07, 6.45) is 1.08. The lowest BCUT2D eigenvalue weighted by atomic mass is 10.1. The average Bonchev–Trinajstić information content (AvgIpc) is 2.99. The number of benzene rings is 1. The van der Waals surface area contributed by atoms with E-state index in [0.29, 0.717) is 12.7 Å². The Kier molecular flexibility index (Phi) is 2.50. The smallest absolute Gasteiger partial charge is 0.122 e. The van der Waals surface area contributed by atoms with Crippen LogP contribution in [0, 0.1) is 6.92 Å². The number of para-hydroxylation sites is 1. The van der Waals surface area contributed by atoms with Gasteiger partial charge in [0.2, 0.25) is 0 Å². The van der Waals surface area contributed by atoms with Crippen LogP contribution < -0.4 is 4.74 Å². The van der Waals surface area contributed by atoms with Gasteiger partial charge in [-0.3, -0.25) is 0 Å². The lowest BCUT2D eigenvalue weighted by molar-refractivity contribution is 0.261. The Balaban J connectivity index is 1.99. The molecule has 1 aliphatic rings. The molecule has 0 aliphatic carbocycles. The third-order valence-corrected chi connectivity index (χ3v) is 2.07. The maximum Gasteiger partial charge on any atom is 0.122 e. The topological polar surface area (TPSA) is 21.8 Å². The SMILES string of the molecule is [CH2]Cc1ccccc1OCC1CO1. The molecule has 0 N–H and O–H groups in total. The van der Waals surface area contributed by atoms with Crippen molar-refractivity contribution in [3.05, 3.63) is 36.8 Å². The van der Waals surface area contributed by atoms with Crippen LogP contribution in [0.5, 0.6) is 5.75 Å². The highest BCUT2D eigenvalue weighted by Gasteiger charge is 2.23. The Morgan fingerprint density at radius 2 is 2.23 bits per heavy atom. The van der Waals surface area contributed by atoms with Crippen LogP contribution in [0.2, 0.25) is 0 Å². The minimum Gasteiger partial charge on any atom is -0.491 e. The largest absolute Gasteiger partial charge is 0.491 e. The second-order valence-electron chi connectivity index (χ2n) is 3.12. The van der Waals surface area contributed by atoms with Crippen LogP contribution in [0.25, 0.3) is 0 Å². The van der Waals surface area contributed by atoms with Gasteiger partial charge in [0.05, 0.1) is 6.61 Å². The molecule has 2 rings (SSSR count). The van der Waals surface area contributed by atoms with Crippen molar-refractivity contribution in [1.82, 2.24) is 0 Å². The molecular formula is C11H13O2. The van der Waals surface area contributed by atoms with Gasteiger partial charge < -0.3 is 9.47 Å². The number of rotatable bonds is 4. The van der Waals surface area contributed by atoms with Crippen LogP contribution in [0.3, 0.4) is 0 Å². The Morgan fingerprint density at radius 3 is 2.92 bits per heavy atom. The van der Waals surface area contributed by atoms with Gasteiger partial charge in [-0.2, -0.15) is 0 Å². The second-order valence-corrected chi connectivity index (χ2v) is 3.12. The van der Waals surface area contributed by atoms with Crippen LogP contribution in [-0.4, -0.2) is 19.3 Å². The van der Waals surface area contributed by atoms with E-state index in [0.717, 1.165) is 24.3 Å². The molecule has 1 saturated heterocycles. The van der Waals surface area contributed by atoms with Gasteiger partial charge >= 0.3 is 0 Å². The fourth-order valence-electron chi connectivity index (χ4n) is 1.20. The van der Waals surface area contributed by atoms with E-state index < -0.39 is 0 Å². The standard InChI is InChI=1S/C11H13O2/c1-2-9-5-3-4-6-11(9)13-8-10-7-12-10/h3-6,10H,1-2,7-8H2. The quantitative estimate of drug-likeness (QED) is 0.654. The van der Waals surface area contributed by atoms with Gasteiger partial charge in [0.1, 0.15) is 18.5 Å². The zero-order valence-electron chi connectivity index (χ0n) is 7.53. The lowest BCUT2D eigenvalue weighted by Gasteiger charge is -2.08. The second kappa shape index (κ2) is 3.79. The summed E-state index contributed by atoms with van der Waals surface area (Å²) in [5.74, 6) is 0.938. The van der Waals surface area contributed by atoms with Gasteiger partial charge in [0.15, 0.2) is 0 Å². The summed E-state index contributed by atoms with van der Waals surface area (Å²) in [6.45, 7) is 5.35. The van der Waals surface area contributed by atoms with E-state index in [1.54, 1.807) is 0 Å². The summed E-state index contributed by atoms with van der Waals surface area (Å²) in [6, 6.07) is 7.99. The van der Waals surface area contributed by atoms with E-state index in [2.05, 4.69) is 6.92 Å². The first kappa shape index (κ1) is 8.57. The van der Waals surface area contributed by atoms with Gasteiger partial charge in [0, 0.05) is 0 Å². The normalized spacial score (nSPS) is 19.9. The average molecular weight is 177 g/mol. The fraction of sp³-hybridized carbons (Fsp3) is 0.364. The van der Waals surface area contributed by atoms with E-state index in [-0.39, 0.29) is 0 Å². The zero-order chi connectivity index (χ0) is 9.10. The van der Waals surface area contributed by atoms with Crippen molar-refractivity contribution in [3.63, 3.8) is 0 Å². The Labute approximate surface area is 78.5 Å². The van der Waals surface area contributed by atoms with Crippen molar-refractivity contribution in [1.29, 1.82) is 0 Å². The van der Waals surface area contributed by atoms with Gasteiger partial charge in [-0.15, -0.1) is 0 Å². The summed E-state index contributed by atoms with van der Waals surface area (Å²) in [7, 11) is 0. The minimum absolute atomic E-state index is 0.317. The summed E-state index contributed by atoms with van der Waals surface area (Å²) >= 11 is 0. The van der Waals surface area contributed by atoms with Crippen molar-refractivity contribution >= 4 is 0 Å². The number of epoxide rings is 1. The van der Waals surface area contributed by atoms with Crippen molar-refractivity contribution in [2.24, 2.45) is 0 Å². The van der Waals surface area contributed by atoms with Gasteiger partial charge in [-0.05, 0) is 25.0 Å². The predicted molar refractivity (Wildman–Crippen MR) is 50.7 cm³/mol. The first-order valence-electron chi connectivity index (χ1n) is 4.51. The molecule has 1 atom stereocenters. The van der Waals surface area contributed by atoms with Crippen molar-refractivity contribution in [2.75, 3.05) is 13.2 Å². The first-order valence-corrected chi connectivity index (χ1v) is 4.51. The lowest BCUT2D eigenvalue weighted by Crippen LogP contribution is -2.05. The highest BCUT2D eigenvalue weighted by molar-refractivity contribution is 5.33. The third-order valence-electron chi connectivity index (χ3n) is 2.07. The maximum atomic E-state index is 5.59. The van der Waals surface area contributed by atoms with Crippen molar-refractivity contribution in [3.8, 4) is 5.75 Å². The highest BCUT2D eigenvalue weighted by atomic mass is 16.6. The third kappa shape index (κ3) is 2.22. The summed E-state index contributed by atoms with van der Waals surface area (Å²) < 4.78 is 10.7. The molecule has 1 aromatic carbocycles. The predicted octanol–water partition coefficient (Wildman–Crippen LogP) is 1.84. The molecule has 1 aliphatic heterocycles. The molecule has 1 fully saturated rings. The summed E-state index contributed by atoms with van der Waals surface area (Å²) in [5.41, 5.74) is 1.16. The molecule has 1 unspecified atom stereocenters. The van der Waals surface area contributed by atoms with E-state index in [1.807, 2.05) is 24.3 Å². The van der Waals surface area contributed by atoms with E-state index in [9.17, 15) is 0 Å². The van der Waals surface area contributed by atoms with E-state index in [1.165, 1.54) is 0 Å². The summed E-state index contributed by atoms with van der Waals surface area (Å²) in [4.78, 5) is 0. The van der Waals surface area contributed by atoms with Gasteiger partial charge in [-0.1, -0.05) is 18.2 Å². The molecule has 0 aromatic heterocycles. The molecule has 13 heavy (non-hydrogen) atoms. The zero-order valence-corrected chi connectivity index (χ0v) is 7.53. The number of ether oxygens (including phenoxy) is 2. The molecule has 0 saturated carbocycles. The van der Waals surface area contributed by atoms with E-state index >= 15 is 0 Å². The molecule has 2 heteroatoms. The molecule has 2 nitrogen and oxygen atoms in total. The van der Waals surface area contributed by atoms with Crippen LogP contribution >= 0.6 is 0 Å².